The van der Waals surface area contributed by atoms with Gasteiger partial charge in [0.1, 0.15) is 0 Å². The summed E-state index contributed by atoms with van der Waals surface area (Å²) in [5, 5.41) is 22.5. The maximum atomic E-state index is 11.4. The molecule has 0 heterocycles. The summed E-state index contributed by atoms with van der Waals surface area (Å²) in [6.07, 6.45) is 2.49. The number of carboxylic acids is 1. The van der Waals surface area contributed by atoms with Gasteiger partial charge in [-0.05, 0) is 19.8 Å². The van der Waals surface area contributed by atoms with E-state index in [1.54, 1.807) is 0 Å². The second-order valence-electron chi connectivity index (χ2n) is 4.46. The zero-order valence-corrected chi connectivity index (χ0v) is 9.32. The molecule has 1 fully saturated rings. The Morgan fingerprint density at radius 2 is 1.94 bits per heavy atom. The van der Waals surface area contributed by atoms with Gasteiger partial charge in [0, 0.05) is 5.54 Å². The average Bonchev–Trinajstić information content (AvgIpc) is 2.60. The number of carbonyl (C=O) groups is 2. The Balaban J connectivity index is 2.28. The minimum Gasteiger partial charge on any atom is -0.479 e. The number of carboxylic acid groups (broad SMARTS) is 1. The van der Waals surface area contributed by atoms with Crippen molar-refractivity contribution in [3.63, 3.8) is 0 Å². The van der Waals surface area contributed by atoms with Gasteiger partial charge in [-0.15, -0.1) is 0 Å². The lowest BCUT2D eigenvalue weighted by Gasteiger charge is -2.25. The van der Waals surface area contributed by atoms with Crippen LogP contribution in [0.25, 0.3) is 0 Å². The molecule has 0 aliphatic heterocycles. The van der Waals surface area contributed by atoms with Gasteiger partial charge in [0.2, 0.25) is 0 Å². The molecule has 1 atom stereocenters. The Morgan fingerprint density at radius 3 is 2.44 bits per heavy atom. The quantitative estimate of drug-likeness (QED) is 0.549. The molecule has 4 N–H and O–H groups in total. The second kappa shape index (κ2) is 5.16. The first-order valence-corrected chi connectivity index (χ1v) is 5.40. The fourth-order valence-corrected chi connectivity index (χ4v) is 1.88. The van der Waals surface area contributed by atoms with Gasteiger partial charge >= 0.3 is 12.0 Å². The van der Waals surface area contributed by atoms with E-state index in [2.05, 4.69) is 10.6 Å². The van der Waals surface area contributed by atoms with Crippen LogP contribution >= 0.6 is 0 Å². The molecule has 0 aromatic heterocycles. The molecule has 0 radical (unpaired) electrons. The third kappa shape index (κ3) is 3.69. The minimum atomic E-state index is -1.55. The Bertz CT molecular complexity index is 274. The summed E-state index contributed by atoms with van der Waals surface area (Å²) in [5.74, 6) is -1.34. The molecule has 2 amide bonds. The molecule has 1 rings (SSSR count). The predicted molar refractivity (Wildman–Crippen MR) is 57.1 cm³/mol. The van der Waals surface area contributed by atoms with Crippen molar-refractivity contribution >= 4 is 12.0 Å². The number of hydrogen-bond acceptors (Lipinski definition) is 3. The molecular formula is C10H18N2O4. The lowest BCUT2D eigenvalue weighted by Crippen LogP contribution is -2.50. The topological polar surface area (TPSA) is 98.7 Å². The van der Waals surface area contributed by atoms with Crippen molar-refractivity contribution in [1.82, 2.24) is 10.6 Å². The molecule has 6 heteroatoms. The largest absolute Gasteiger partial charge is 0.479 e. The SMILES string of the molecule is CC1(NC(=O)NCC(O)C(=O)O)CCCC1. The molecule has 0 bridgehead atoms. The number of hydrogen-bond donors (Lipinski definition) is 4. The monoisotopic (exact) mass is 230 g/mol. The van der Waals surface area contributed by atoms with Gasteiger partial charge in [0.25, 0.3) is 0 Å². The van der Waals surface area contributed by atoms with Crippen LogP contribution in [0, 0.1) is 0 Å². The molecule has 16 heavy (non-hydrogen) atoms. The number of aliphatic carboxylic acids is 1. The predicted octanol–water partition coefficient (Wildman–Crippen LogP) is 0.0638. The van der Waals surface area contributed by atoms with Crippen LogP contribution in [0.5, 0.6) is 0 Å². The van der Waals surface area contributed by atoms with Gasteiger partial charge < -0.3 is 20.8 Å². The van der Waals surface area contributed by atoms with Crippen molar-refractivity contribution in [2.24, 2.45) is 0 Å². The highest BCUT2D eigenvalue weighted by Crippen LogP contribution is 2.28. The molecule has 6 nitrogen and oxygen atoms in total. The molecule has 0 aromatic carbocycles. The van der Waals surface area contributed by atoms with Crippen LogP contribution in [0.15, 0.2) is 0 Å². The van der Waals surface area contributed by atoms with E-state index in [0.29, 0.717) is 0 Å². The zero-order valence-electron chi connectivity index (χ0n) is 9.32. The number of carbonyl (C=O) groups excluding carboxylic acids is 1. The summed E-state index contributed by atoms with van der Waals surface area (Å²) in [7, 11) is 0. The Morgan fingerprint density at radius 1 is 1.38 bits per heavy atom. The molecule has 0 saturated heterocycles. The number of amides is 2. The number of aliphatic hydroxyl groups excluding tert-OH is 1. The third-order valence-electron chi connectivity index (χ3n) is 2.86. The van der Waals surface area contributed by atoms with Gasteiger partial charge in [-0.3, -0.25) is 0 Å². The molecule has 92 valence electrons. The summed E-state index contributed by atoms with van der Waals surface area (Å²) >= 11 is 0. The lowest BCUT2D eigenvalue weighted by molar-refractivity contribution is -0.146. The molecule has 1 unspecified atom stereocenters. The number of rotatable bonds is 4. The summed E-state index contributed by atoms with van der Waals surface area (Å²) < 4.78 is 0. The van der Waals surface area contributed by atoms with Crippen molar-refractivity contribution in [1.29, 1.82) is 0 Å². The van der Waals surface area contributed by atoms with E-state index < -0.39 is 18.1 Å². The first-order valence-electron chi connectivity index (χ1n) is 5.40. The third-order valence-corrected chi connectivity index (χ3v) is 2.86. The molecule has 0 aromatic rings. The Kier molecular flexibility index (Phi) is 4.12. The number of aliphatic hydroxyl groups is 1. The van der Waals surface area contributed by atoms with Gasteiger partial charge in [-0.2, -0.15) is 0 Å². The van der Waals surface area contributed by atoms with E-state index in [1.807, 2.05) is 6.92 Å². The van der Waals surface area contributed by atoms with Crippen molar-refractivity contribution < 1.29 is 19.8 Å². The van der Waals surface area contributed by atoms with E-state index in [4.69, 9.17) is 10.2 Å². The maximum absolute atomic E-state index is 11.4. The minimum absolute atomic E-state index is 0.196. The highest BCUT2D eigenvalue weighted by Gasteiger charge is 2.30. The molecular weight excluding hydrogens is 212 g/mol. The van der Waals surface area contributed by atoms with Crippen molar-refractivity contribution in [3.8, 4) is 0 Å². The highest BCUT2D eigenvalue weighted by molar-refractivity contribution is 5.77. The normalized spacial score (nSPS) is 20.1. The van der Waals surface area contributed by atoms with Crippen LogP contribution < -0.4 is 10.6 Å². The van der Waals surface area contributed by atoms with Gasteiger partial charge in [0.15, 0.2) is 6.10 Å². The summed E-state index contributed by atoms with van der Waals surface area (Å²) in [5.41, 5.74) is -0.196. The van der Waals surface area contributed by atoms with Crippen LogP contribution in [0.2, 0.25) is 0 Å². The van der Waals surface area contributed by atoms with Crippen molar-refractivity contribution in [2.45, 2.75) is 44.2 Å². The first kappa shape index (κ1) is 12.8. The number of nitrogens with one attached hydrogen (secondary N) is 2. The summed E-state index contributed by atoms with van der Waals surface area (Å²) in [6, 6.07) is -0.426. The second-order valence-corrected chi connectivity index (χ2v) is 4.46. The standard InChI is InChI=1S/C10H18N2O4/c1-10(4-2-3-5-10)12-9(16)11-6-7(13)8(14)15/h7,13H,2-6H2,1H3,(H,14,15)(H2,11,12,16). The van der Waals surface area contributed by atoms with Crippen LogP contribution in [-0.4, -0.2) is 40.4 Å². The van der Waals surface area contributed by atoms with E-state index in [-0.39, 0.29) is 12.1 Å². The molecule has 1 saturated carbocycles. The smallest absolute Gasteiger partial charge is 0.334 e. The highest BCUT2D eigenvalue weighted by atomic mass is 16.4. The van der Waals surface area contributed by atoms with Crippen LogP contribution in [0.4, 0.5) is 4.79 Å². The maximum Gasteiger partial charge on any atom is 0.334 e. The van der Waals surface area contributed by atoms with Gasteiger partial charge in [-0.25, -0.2) is 9.59 Å². The van der Waals surface area contributed by atoms with E-state index in [0.717, 1.165) is 25.7 Å². The average molecular weight is 230 g/mol. The van der Waals surface area contributed by atoms with Crippen LogP contribution in [-0.2, 0) is 4.79 Å². The fourth-order valence-electron chi connectivity index (χ4n) is 1.88. The Labute approximate surface area is 94.0 Å². The molecule has 0 spiro atoms. The molecule has 1 aliphatic rings. The Hall–Kier alpha value is -1.30. The van der Waals surface area contributed by atoms with Gasteiger partial charge in [0.05, 0.1) is 6.54 Å². The van der Waals surface area contributed by atoms with Crippen LogP contribution in [0.3, 0.4) is 0 Å². The summed E-state index contributed by atoms with van der Waals surface area (Å²) in [6.45, 7) is 1.68. The lowest BCUT2D eigenvalue weighted by atomic mass is 10.0. The van der Waals surface area contributed by atoms with Crippen LogP contribution in [0.1, 0.15) is 32.6 Å². The van der Waals surface area contributed by atoms with Gasteiger partial charge in [-0.1, -0.05) is 12.8 Å². The van der Waals surface area contributed by atoms with E-state index in [9.17, 15) is 9.59 Å². The first-order chi connectivity index (χ1) is 7.43. The van der Waals surface area contributed by atoms with E-state index >= 15 is 0 Å². The van der Waals surface area contributed by atoms with Crippen molar-refractivity contribution in [3.05, 3.63) is 0 Å². The summed E-state index contributed by atoms with van der Waals surface area (Å²) in [4.78, 5) is 21.7. The van der Waals surface area contributed by atoms with Crippen molar-refractivity contribution in [2.75, 3.05) is 6.54 Å². The molecule has 1 aliphatic carbocycles. The fraction of sp³-hybridized carbons (Fsp3) is 0.800. The number of urea groups is 1. The van der Waals surface area contributed by atoms with E-state index in [1.165, 1.54) is 0 Å². The zero-order chi connectivity index (χ0) is 12.2.